The van der Waals surface area contributed by atoms with Crippen LogP contribution in [0.3, 0.4) is 0 Å². The molecule has 116 valence electrons. The first-order valence-electron chi connectivity index (χ1n) is 7.12. The van der Waals surface area contributed by atoms with Crippen LogP contribution < -0.4 is 9.47 Å². The van der Waals surface area contributed by atoms with Crippen molar-refractivity contribution in [1.29, 1.82) is 0 Å². The van der Waals surface area contributed by atoms with Crippen LogP contribution in [0.1, 0.15) is 35.3 Å². The lowest BCUT2D eigenvalue weighted by molar-refractivity contribution is 0.0733. The molecule has 2 rings (SSSR count). The Kier molecular flexibility index (Phi) is 5.24. The summed E-state index contributed by atoms with van der Waals surface area (Å²) in [5.41, 5.74) is 2.55. The fourth-order valence-corrected chi connectivity index (χ4v) is 2.52. The molecule has 0 amide bonds. The second-order valence-electron chi connectivity index (χ2n) is 5.47. The Balaban J connectivity index is 2.17. The van der Waals surface area contributed by atoms with E-state index in [0.717, 1.165) is 15.6 Å². The Labute approximate surface area is 139 Å². The summed E-state index contributed by atoms with van der Waals surface area (Å²) in [5, 5.41) is 0. The first-order valence-corrected chi connectivity index (χ1v) is 7.91. The van der Waals surface area contributed by atoms with Gasteiger partial charge in [0.1, 0.15) is 11.5 Å². The number of benzene rings is 2. The number of carbonyl (C=O) groups is 1. The van der Waals surface area contributed by atoms with Crippen LogP contribution >= 0.6 is 15.9 Å². The molecular formula is C18H19BrO3. The third-order valence-corrected chi connectivity index (χ3v) is 3.68. The highest BCUT2D eigenvalue weighted by Gasteiger charge is 2.13. The number of ether oxygens (including phenoxy) is 2. The minimum Gasteiger partial charge on any atom is -0.490 e. The number of esters is 1. The van der Waals surface area contributed by atoms with Crippen LogP contribution in [-0.4, -0.2) is 12.1 Å². The zero-order valence-electron chi connectivity index (χ0n) is 13.1. The van der Waals surface area contributed by atoms with Gasteiger partial charge in [0.05, 0.1) is 16.1 Å². The van der Waals surface area contributed by atoms with E-state index < -0.39 is 0 Å². The van der Waals surface area contributed by atoms with Gasteiger partial charge in [0, 0.05) is 0 Å². The summed E-state index contributed by atoms with van der Waals surface area (Å²) >= 11 is 3.42. The predicted octanol–water partition coefficient (Wildman–Crippen LogP) is 5.07. The quantitative estimate of drug-likeness (QED) is 0.562. The highest BCUT2D eigenvalue weighted by atomic mass is 79.9. The maximum absolute atomic E-state index is 12.3. The van der Waals surface area contributed by atoms with Gasteiger partial charge in [-0.15, -0.1) is 0 Å². The lowest BCUT2D eigenvalue weighted by Gasteiger charge is -2.12. The second-order valence-corrected chi connectivity index (χ2v) is 6.32. The molecule has 0 fully saturated rings. The zero-order valence-corrected chi connectivity index (χ0v) is 14.7. The first-order chi connectivity index (χ1) is 10.4. The maximum atomic E-state index is 12.3. The minimum absolute atomic E-state index is 0.0734. The van der Waals surface area contributed by atoms with E-state index in [1.165, 1.54) is 0 Å². The van der Waals surface area contributed by atoms with Crippen LogP contribution in [0.15, 0.2) is 40.9 Å². The smallest absolute Gasteiger partial charge is 0.343 e. The molecule has 0 aliphatic carbocycles. The molecule has 0 radical (unpaired) electrons. The van der Waals surface area contributed by atoms with Crippen LogP contribution in [0.2, 0.25) is 0 Å². The van der Waals surface area contributed by atoms with Gasteiger partial charge in [-0.1, -0.05) is 17.7 Å². The molecule has 22 heavy (non-hydrogen) atoms. The molecule has 0 aliphatic heterocycles. The molecule has 0 aromatic heterocycles. The molecule has 0 aliphatic rings. The molecule has 3 nitrogen and oxygen atoms in total. The van der Waals surface area contributed by atoms with Crippen molar-refractivity contribution in [3.05, 3.63) is 57.6 Å². The fourth-order valence-electron chi connectivity index (χ4n) is 2.05. The van der Waals surface area contributed by atoms with Gasteiger partial charge in [-0.05, 0) is 73.5 Å². The summed E-state index contributed by atoms with van der Waals surface area (Å²) in [6.45, 7) is 7.83. The van der Waals surface area contributed by atoms with E-state index in [1.807, 2.05) is 45.9 Å². The zero-order chi connectivity index (χ0) is 16.3. The summed E-state index contributed by atoms with van der Waals surface area (Å²) in [5.74, 6) is 0.899. The Morgan fingerprint density at radius 2 is 1.73 bits per heavy atom. The van der Waals surface area contributed by atoms with Crippen molar-refractivity contribution >= 4 is 21.9 Å². The van der Waals surface area contributed by atoms with Gasteiger partial charge < -0.3 is 9.47 Å². The van der Waals surface area contributed by atoms with Gasteiger partial charge in [0.2, 0.25) is 0 Å². The highest BCUT2D eigenvalue weighted by molar-refractivity contribution is 9.10. The van der Waals surface area contributed by atoms with Crippen molar-refractivity contribution in [2.45, 2.75) is 33.8 Å². The lowest BCUT2D eigenvalue weighted by Crippen LogP contribution is -2.10. The normalized spacial score (nSPS) is 10.6. The summed E-state index contributed by atoms with van der Waals surface area (Å²) in [4.78, 5) is 12.3. The topological polar surface area (TPSA) is 35.5 Å². The molecule has 0 spiro atoms. The molecule has 4 heteroatoms. The Morgan fingerprint density at radius 1 is 1.05 bits per heavy atom. The predicted molar refractivity (Wildman–Crippen MR) is 90.8 cm³/mol. The van der Waals surface area contributed by atoms with Crippen molar-refractivity contribution in [3.63, 3.8) is 0 Å². The van der Waals surface area contributed by atoms with Crippen molar-refractivity contribution in [1.82, 2.24) is 0 Å². The Bertz CT molecular complexity index is 693. The average molecular weight is 363 g/mol. The van der Waals surface area contributed by atoms with E-state index in [-0.39, 0.29) is 12.1 Å². The third-order valence-electron chi connectivity index (χ3n) is 3.06. The molecule has 0 unspecified atom stereocenters. The van der Waals surface area contributed by atoms with Gasteiger partial charge in [-0.2, -0.15) is 0 Å². The van der Waals surface area contributed by atoms with Gasteiger partial charge in [-0.25, -0.2) is 4.79 Å². The number of carbonyl (C=O) groups excluding carboxylic acids is 1. The van der Waals surface area contributed by atoms with E-state index in [9.17, 15) is 4.79 Å². The second kappa shape index (κ2) is 6.97. The first kappa shape index (κ1) is 16.6. The van der Waals surface area contributed by atoms with Gasteiger partial charge in [0.25, 0.3) is 0 Å². The van der Waals surface area contributed by atoms with Crippen LogP contribution in [0.5, 0.6) is 11.5 Å². The molecule has 0 bridgehead atoms. The summed E-state index contributed by atoms with van der Waals surface area (Å²) in [6.07, 6.45) is 0.0734. The van der Waals surface area contributed by atoms with Crippen LogP contribution in [0.25, 0.3) is 0 Å². The van der Waals surface area contributed by atoms with Gasteiger partial charge in [0.15, 0.2) is 0 Å². The van der Waals surface area contributed by atoms with Crippen LogP contribution in [0, 0.1) is 13.8 Å². The van der Waals surface area contributed by atoms with E-state index >= 15 is 0 Å². The van der Waals surface area contributed by atoms with Crippen LogP contribution in [-0.2, 0) is 0 Å². The van der Waals surface area contributed by atoms with Gasteiger partial charge in [-0.3, -0.25) is 0 Å². The molecule has 0 saturated carbocycles. The van der Waals surface area contributed by atoms with Gasteiger partial charge >= 0.3 is 5.97 Å². The van der Waals surface area contributed by atoms with Crippen molar-refractivity contribution in [2.75, 3.05) is 0 Å². The maximum Gasteiger partial charge on any atom is 0.343 e. The summed E-state index contributed by atoms with van der Waals surface area (Å²) in [7, 11) is 0. The number of hydrogen-bond acceptors (Lipinski definition) is 3. The summed E-state index contributed by atoms with van der Waals surface area (Å²) < 4.78 is 11.8. The van der Waals surface area contributed by atoms with E-state index in [2.05, 4.69) is 15.9 Å². The molecule has 0 heterocycles. The molecule has 0 saturated heterocycles. The van der Waals surface area contributed by atoms with Crippen molar-refractivity contribution in [2.24, 2.45) is 0 Å². The fraction of sp³-hybridized carbons (Fsp3) is 0.278. The average Bonchev–Trinajstić information content (AvgIpc) is 2.43. The molecule has 2 aromatic carbocycles. The van der Waals surface area contributed by atoms with Crippen molar-refractivity contribution < 1.29 is 14.3 Å². The largest absolute Gasteiger partial charge is 0.490 e. The summed E-state index contributed by atoms with van der Waals surface area (Å²) in [6, 6.07) is 10.9. The van der Waals surface area contributed by atoms with Crippen molar-refractivity contribution in [3.8, 4) is 11.5 Å². The van der Waals surface area contributed by atoms with Crippen LogP contribution in [0.4, 0.5) is 0 Å². The molecular weight excluding hydrogens is 344 g/mol. The number of hydrogen-bond donors (Lipinski definition) is 0. The number of halogens is 1. The highest BCUT2D eigenvalue weighted by Crippen LogP contribution is 2.28. The number of aryl methyl sites for hydroxylation is 2. The SMILES string of the molecule is Cc1ccc(OC(=O)c2ccc(OC(C)C)c(Br)c2)c(C)c1. The third kappa shape index (κ3) is 4.10. The Hall–Kier alpha value is -1.81. The van der Waals surface area contributed by atoms with E-state index in [0.29, 0.717) is 17.1 Å². The molecule has 2 aromatic rings. The molecule has 0 N–H and O–H groups in total. The monoisotopic (exact) mass is 362 g/mol. The van der Waals surface area contributed by atoms with E-state index in [1.54, 1.807) is 18.2 Å². The standard InChI is InChI=1S/C18H19BrO3/c1-11(2)21-17-8-6-14(10-15(17)19)18(20)22-16-7-5-12(3)9-13(16)4/h5-11H,1-4H3. The number of rotatable bonds is 4. The lowest BCUT2D eigenvalue weighted by atomic mass is 10.1. The minimum atomic E-state index is -0.385. The molecule has 0 atom stereocenters. The Morgan fingerprint density at radius 3 is 2.32 bits per heavy atom. The van der Waals surface area contributed by atoms with E-state index in [4.69, 9.17) is 9.47 Å².